The fourth-order valence-electron chi connectivity index (χ4n) is 2.01. The lowest BCUT2D eigenvalue weighted by Gasteiger charge is -2.14. The molecule has 3 nitrogen and oxygen atoms in total. The SMILES string of the molecule is Cc1ccc(N2N=C3CSCC3C2=O)cc1Cl. The Balaban J connectivity index is 1.97. The minimum atomic E-state index is -0.0138. The van der Waals surface area contributed by atoms with Gasteiger partial charge in [-0.3, -0.25) is 4.79 Å². The van der Waals surface area contributed by atoms with Crippen LogP contribution in [0.25, 0.3) is 0 Å². The summed E-state index contributed by atoms with van der Waals surface area (Å²) in [6.45, 7) is 1.94. The molecule has 1 unspecified atom stereocenters. The highest BCUT2D eigenvalue weighted by Crippen LogP contribution is 2.33. The molecule has 0 spiro atoms. The smallest absolute Gasteiger partial charge is 0.257 e. The van der Waals surface area contributed by atoms with Crippen molar-refractivity contribution in [3.05, 3.63) is 28.8 Å². The molecule has 0 aromatic heterocycles. The molecule has 88 valence electrons. The topological polar surface area (TPSA) is 32.7 Å². The monoisotopic (exact) mass is 266 g/mol. The van der Waals surface area contributed by atoms with Crippen molar-refractivity contribution in [3.63, 3.8) is 0 Å². The van der Waals surface area contributed by atoms with E-state index in [0.717, 1.165) is 28.5 Å². The van der Waals surface area contributed by atoms with Gasteiger partial charge in [0.1, 0.15) is 0 Å². The molecule has 0 aliphatic carbocycles. The fourth-order valence-corrected chi connectivity index (χ4v) is 3.35. The zero-order valence-electron chi connectivity index (χ0n) is 9.31. The lowest BCUT2D eigenvalue weighted by atomic mass is 10.1. The Morgan fingerprint density at radius 2 is 2.35 bits per heavy atom. The first-order valence-corrected chi connectivity index (χ1v) is 6.95. The van der Waals surface area contributed by atoms with Crippen LogP contribution in [0, 0.1) is 12.8 Å². The van der Waals surface area contributed by atoms with Crippen molar-refractivity contribution in [2.24, 2.45) is 11.0 Å². The number of benzene rings is 1. The van der Waals surface area contributed by atoms with Gasteiger partial charge in [0.15, 0.2) is 0 Å². The quantitative estimate of drug-likeness (QED) is 0.783. The van der Waals surface area contributed by atoms with Crippen LogP contribution in [0.2, 0.25) is 5.02 Å². The van der Waals surface area contributed by atoms with Gasteiger partial charge in [0.2, 0.25) is 0 Å². The summed E-state index contributed by atoms with van der Waals surface area (Å²) < 4.78 is 0. The normalized spacial score (nSPS) is 22.9. The maximum atomic E-state index is 12.1. The highest BCUT2D eigenvalue weighted by atomic mass is 35.5. The summed E-state index contributed by atoms with van der Waals surface area (Å²) >= 11 is 7.84. The number of fused-ring (bicyclic) bond motifs is 1. The van der Waals surface area contributed by atoms with Crippen LogP contribution >= 0.6 is 23.4 Å². The largest absolute Gasteiger partial charge is 0.272 e. The number of anilines is 1. The van der Waals surface area contributed by atoms with Crippen LogP contribution in [0.15, 0.2) is 23.3 Å². The van der Waals surface area contributed by atoms with E-state index in [4.69, 9.17) is 11.6 Å². The molecule has 1 aromatic carbocycles. The van der Waals surface area contributed by atoms with Crippen molar-refractivity contribution in [2.75, 3.05) is 16.5 Å². The first kappa shape index (κ1) is 11.1. The molecule has 2 heterocycles. The van der Waals surface area contributed by atoms with Gasteiger partial charge in [0.25, 0.3) is 5.91 Å². The summed E-state index contributed by atoms with van der Waals surface area (Å²) in [6.07, 6.45) is 0. The molecule has 2 aliphatic heterocycles. The number of aryl methyl sites for hydroxylation is 1. The second kappa shape index (κ2) is 4.03. The molecule has 1 amide bonds. The Kier molecular flexibility index (Phi) is 2.64. The van der Waals surface area contributed by atoms with Gasteiger partial charge in [0, 0.05) is 16.5 Å². The molecule has 1 atom stereocenters. The predicted octanol–water partition coefficient (Wildman–Crippen LogP) is 2.71. The molecule has 0 bridgehead atoms. The van der Waals surface area contributed by atoms with Crippen LogP contribution in [0.3, 0.4) is 0 Å². The van der Waals surface area contributed by atoms with Gasteiger partial charge in [-0.1, -0.05) is 17.7 Å². The van der Waals surface area contributed by atoms with Crippen molar-refractivity contribution in [1.29, 1.82) is 0 Å². The fraction of sp³-hybridized carbons (Fsp3) is 0.333. The van der Waals surface area contributed by atoms with Crippen LogP contribution < -0.4 is 5.01 Å². The van der Waals surface area contributed by atoms with Crippen molar-refractivity contribution in [2.45, 2.75) is 6.92 Å². The van der Waals surface area contributed by atoms with Gasteiger partial charge in [-0.25, -0.2) is 5.01 Å². The first-order chi connectivity index (χ1) is 8.16. The number of carbonyl (C=O) groups is 1. The summed E-state index contributed by atoms with van der Waals surface area (Å²) in [7, 11) is 0. The maximum absolute atomic E-state index is 12.1. The van der Waals surface area contributed by atoms with E-state index in [1.54, 1.807) is 17.8 Å². The van der Waals surface area contributed by atoms with Crippen LogP contribution in [-0.2, 0) is 4.79 Å². The number of halogens is 1. The van der Waals surface area contributed by atoms with Crippen LogP contribution in [0.1, 0.15) is 5.56 Å². The summed E-state index contributed by atoms with van der Waals surface area (Å²) in [5.41, 5.74) is 2.76. The average molecular weight is 267 g/mol. The summed E-state index contributed by atoms with van der Waals surface area (Å²) in [5.74, 6) is 1.78. The van der Waals surface area contributed by atoms with Gasteiger partial charge in [0.05, 0.1) is 17.3 Å². The van der Waals surface area contributed by atoms with Gasteiger partial charge in [-0.15, -0.1) is 0 Å². The molecule has 3 rings (SSSR count). The van der Waals surface area contributed by atoms with E-state index in [9.17, 15) is 4.79 Å². The van der Waals surface area contributed by atoms with E-state index < -0.39 is 0 Å². The third kappa shape index (κ3) is 1.76. The molecule has 1 saturated heterocycles. The van der Waals surface area contributed by atoms with Gasteiger partial charge in [-0.05, 0) is 24.6 Å². The molecule has 5 heteroatoms. The predicted molar refractivity (Wildman–Crippen MR) is 71.9 cm³/mol. The van der Waals surface area contributed by atoms with E-state index in [1.165, 1.54) is 5.01 Å². The Morgan fingerprint density at radius 1 is 1.53 bits per heavy atom. The van der Waals surface area contributed by atoms with Crippen molar-refractivity contribution >= 4 is 40.7 Å². The highest BCUT2D eigenvalue weighted by molar-refractivity contribution is 8.00. The molecule has 0 N–H and O–H groups in total. The van der Waals surface area contributed by atoms with E-state index in [1.807, 2.05) is 19.1 Å². The van der Waals surface area contributed by atoms with Crippen LogP contribution in [-0.4, -0.2) is 23.1 Å². The lowest BCUT2D eigenvalue weighted by molar-refractivity contribution is -0.119. The minimum Gasteiger partial charge on any atom is -0.272 e. The molecule has 1 fully saturated rings. The Morgan fingerprint density at radius 3 is 3.06 bits per heavy atom. The van der Waals surface area contributed by atoms with E-state index >= 15 is 0 Å². The third-order valence-electron chi connectivity index (χ3n) is 3.07. The Labute approximate surface area is 109 Å². The first-order valence-electron chi connectivity index (χ1n) is 5.42. The maximum Gasteiger partial charge on any atom is 0.257 e. The molecule has 17 heavy (non-hydrogen) atoms. The second-order valence-corrected chi connectivity index (χ2v) is 5.68. The number of thioether (sulfide) groups is 1. The molecule has 2 aliphatic rings. The number of amides is 1. The van der Waals surface area contributed by atoms with Gasteiger partial charge < -0.3 is 0 Å². The second-order valence-electron chi connectivity index (χ2n) is 4.24. The number of hydrazone groups is 1. The Hall–Kier alpha value is -1.000. The summed E-state index contributed by atoms with van der Waals surface area (Å²) in [4.78, 5) is 12.1. The van der Waals surface area contributed by atoms with Crippen molar-refractivity contribution in [3.8, 4) is 0 Å². The van der Waals surface area contributed by atoms with E-state index in [0.29, 0.717) is 5.02 Å². The number of hydrogen-bond acceptors (Lipinski definition) is 3. The van der Waals surface area contributed by atoms with Crippen LogP contribution in [0.4, 0.5) is 5.69 Å². The minimum absolute atomic E-state index is 0.0138. The van der Waals surface area contributed by atoms with Gasteiger partial charge in [-0.2, -0.15) is 16.9 Å². The molecular weight excluding hydrogens is 256 g/mol. The number of carbonyl (C=O) groups excluding carboxylic acids is 1. The van der Waals surface area contributed by atoms with Crippen LogP contribution in [0.5, 0.6) is 0 Å². The number of nitrogens with zero attached hydrogens (tertiary/aromatic N) is 2. The average Bonchev–Trinajstić information content (AvgIpc) is 2.86. The summed E-state index contributed by atoms with van der Waals surface area (Å²) in [6, 6.07) is 5.60. The van der Waals surface area contributed by atoms with Crippen molar-refractivity contribution in [1.82, 2.24) is 0 Å². The molecule has 0 radical (unpaired) electrons. The van der Waals surface area contributed by atoms with Crippen molar-refractivity contribution < 1.29 is 4.79 Å². The zero-order chi connectivity index (χ0) is 12.0. The number of hydrogen-bond donors (Lipinski definition) is 0. The summed E-state index contributed by atoms with van der Waals surface area (Å²) in [5, 5.41) is 6.55. The zero-order valence-corrected chi connectivity index (χ0v) is 10.9. The highest BCUT2D eigenvalue weighted by Gasteiger charge is 2.39. The number of rotatable bonds is 1. The van der Waals surface area contributed by atoms with E-state index in [-0.39, 0.29) is 11.8 Å². The Bertz CT molecular complexity index is 529. The molecular formula is C12H11ClN2OS. The standard InChI is InChI=1S/C12H11ClN2OS/c1-7-2-3-8(4-10(7)13)15-12(16)9-5-17-6-11(9)14-15/h2-4,9H,5-6H2,1H3. The lowest BCUT2D eigenvalue weighted by Crippen LogP contribution is -2.27. The third-order valence-corrected chi connectivity index (χ3v) is 4.55. The van der Waals surface area contributed by atoms with Gasteiger partial charge >= 0.3 is 0 Å². The molecule has 1 aromatic rings. The molecule has 0 saturated carbocycles. The van der Waals surface area contributed by atoms with E-state index in [2.05, 4.69) is 5.10 Å².